The van der Waals surface area contributed by atoms with E-state index in [1.807, 2.05) is 12.1 Å². The summed E-state index contributed by atoms with van der Waals surface area (Å²) in [5, 5.41) is 7.97. The molecule has 0 radical (unpaired) electrons. The summed E-state index contributed by atoms with van der Waals surface area (Å²) in [6.45, 7) is 0. The molecule has 0 aliphatic heterocycles. The number of hydrogen-bond donors (Lipinski definition) is 2. The highest BCUT2D eigenvalue weighted by Crippen LogP contribution is 2.31. The van der Waals surface area contributed by atoms with Crippen molar-refractivity contribution in [1.82, 2.24) is 0 Å². The van der Waals surface area contributed by atoms with Gasteiger partial charge in [0.25, 0.3) is 0 Å². The second-order valence-corrected chi connectivity index (χ2v) is 4.91. The van der Waals surface area contributed by atoms with Crippen molar-refractivity contribution in [2.45, 2.75) is 0 Å². The molecule has 3 nitrogen and oxygen atoms in total. The minimum Gasteiger partial charge on any atom is -0.456 e. The van der Waals surface area contributed by atoms with Crippen LogP contribution in [0.25, 0.3) is 0 Å². The van der Waals surface area contributed by atoms with E-state index < -0.39 is 0 Å². The van der Waals surface area contributed by atoms with Crippen LogP contribution in [0.4, 0.5) is 0 Å². The van der Waals surface area contributed by atoms with Gasteiger partial charge in [-0.1, -0.05) is 17.7 Å². The third kappa shape index (κ3) is 3.03. The second kappa shape index (κ2) is 5.42. The lowest BCUT2D eigenvalue weighted by atomic mass is 10.2. The molecule has 3 N–H and O–H groups in total. The van der Waals surface area contributed by atoms with Gasteiger partial charge in [-0.15, -0.1) is 0 Å². The predicted octanol–water partition coefficient (Wildman–Crippen LogP) is 4.18. The molecule has 18 heavy (non-hydrogen) atoms. The first-order valence-corrected chi connectivity index (χ1v) is 6.31. The summed E-state index contributed by atoms with van der Waals surface area (Å²) in [6, 6.07) is 12.4. The standard InChI is InChI=1S/C13H10BrClN2O/c14-11-6-8(13(16)17)4-5-12(11)18-10-3-1-2-9(15)7-10/h1-7H,(H3,16,17). The van der Waals surface area contributed by atoms with Crippen molar-refractivity contribution < 1.29 is 4.74 Å². The highest BCUT2D eigenvalue weighted by Gasteiger charge is 2.06. The molecular formula is C13H10BrClN2O. The maximum absolute atomic E-state index is 7.35. The van der Waals surface area contributed by atoms with Crippen LogP contribution in [0.5, 0.6) is 11.5 Å². The Morgan fingerprint density at radius 1 is 1.22 bits per heavy atom. The molecule has 0 bridgehead atoms. The summed E-state index contributed by atoms with van der Waals surface area (Å²) in [5.74, 6) is 1.31. The molecule has 0 fully saturated rings. The van der Waals surface area contributed by atoms with E-state index >= 15 is 0 Å². The summed E-state index contributed by atoms with van der Waals surface area (Å²) in [6.07, 6.45) is 0. The van der Waals surface area contributed by atoms with Crippen LogP contribution >= 0.6 is 27.5 Å². The topological polar surface area (TPSA) is 59.1 Å². The Kier molecular flexibility index (Phi) is 3.89. The van der Waals surface area contributed by atoms with Gasteiger partial charge in [0.2, 0.25) is 0 Å². The first kappa shape index (κ1) is 12.9. The van der Waals surface area contributed by atoms with Gasteiger partial charge < -0.3 is 10.5 Å². The lowest BCUT2D eigenvalue weighted by Gasteiger charge is -2.09. The van der Waals surface area contributed by atoms with Crippen molar-refractivity contribution in [2.75, 3.05) is 0 Å². The molecule has 2 aromatic rings. The minimum absolute atomic E-state index is 0.0185. The van der Waals surface area contributed by atoms with Crippen LogP contribution in [0.3, 0.4) is 0 Å². The number of ether oxygens (including phenoxy) is 1. The van der Waals surface area contributed by atoms with Crippen molar-refractivity contribution in [2.24, 2.45) is 5.73 Å². The Hall–Kier alpha value is -1.52. The van der Waals surface area contributed by atoms with Gasteiger partial charge in [-0.25, -0.2) is 0 Å². The van der Waals surface area contributed by atoms with Gasteiger partial charge in [-0.05, 0) is 52.3 Å². The molecule has 0 amide bonds. The van der Waals surface area contributed by atoms with E-state index in [-0.39, 0.29) is 5.84 Å². The third-order valence-corrected chi connectivity index (χ3v) is 3.12. The van der Waals surface area contributed by atoms with Crippen LogP contribution in [0.15, 0.2) is 46.9 Å². The van der Waals surface area contributed by atoms with Crippen molar-refractivity contribution in [3.05, 3.63) is 57.5 Å². The molecule has 2 aromatic carbocycles. The first-order chi connectivity index (χ1) is 8.56. The van der Waals surface area contributed by atoms with E-state index in [0.29, 0.717) is 22.1 Å². The van der Waals surface area contributed by atoms with Gasteiger partial charge in [0, 0.05) is 10.6 Å². The summed E-state index contributed by atoms with van der Waals surface area (Å²) in [7, 11) is 0. The largest absolute Gasteiger partial charge is 0.456 e. The molecule has 0 aliphatic rings. The maximum Gasteiger partial charge on any atom is 0.141 e. The van der Waals surface area contributed by atoms with Gasteiger partial charge in [0.1, 0.15) is 17.3 Å². The van der Waals surface area contributed by atoms with E-state index in [4.69, 9.17) is 27.5 Å². The Morgan fingerprint density at radius 3 is 2.61 bits per heavy atom. The Labute approximate surface area is 118 Å². The number of rotatable bonds is 3. The van der Waals surface area contributed by atoms with Crippen molar-refractivity contribution in [3.63, 3.8) is 0 Å². The molecule has 0 aliphatic carbocycles. The third-order valence-electron chi connectivity index (χ3n) is 2.27. The number of halogens is 2. The van der Waals surface area contributed by atoms with Crippen LogP contribution < -0.4 is 10.5 Å². The Bertz CT molecular complexity index is 601. The normalized spacial score (nSPS) is 10.1. The summed E-state index contributed by atoms with van der Waals surface area (Å²) < 4.78 is 6.41. The van der Waals surface area contributed by atoms with Gasteiger partial charge >= 0.3 is 0 Å². The lowest BCUT2D eigenvalue weighted by molar-refractivity contribution is 0.479. The van der Waals surface area contributed by atoms with E-state index in [2.05, 4.69) is 15.9 Å². The van der Waals surface area contributed by atoms with Gasteiger partial charge in [-0.3, -0.25) is 5.41 Å². The number of hydrogen-bond acceptors (Lipinski definition) is 2. The van der Waals surface area contributed by atoms with Crippen LogP contribution in [-0.2, 0) is 0 Å². The van der Waals surface area contributed by atoms with E-state index in [0.717, 1.165) is 4.47 Å². The average Bonchev–Trinajstić information content (AvgIpc) is 2.31. The number of nitrogen functional groups attached to an aromatic ring is 1. The van der Waals surface area contributed by atoms with Crippen LogP contribution in [-0.4, -0.2) is 5.84 Å². The highest BCUT2D eigenvalue weighted by molar-refractivity contribution is 9.10. The zero-order valence-electron chi connectivity index (χ0n) is 9.28. The minimum atomic E-state index is 0.0185. The van der Waals surface area contributed by atoms with Crippen molar-refractivity contribution >= 4 is 33.4 Å². The zero-order chi connectivity index (χ0) is 13.1. The highest BCUT2D eigenvalue weighted by atomic mass is 79.9. The van der Waals surface area contributed by atoms with Gasteiger partial charge in [0.05, 0.1) is 4.47 Å². The predicted molar refractivity (Wildman–Crippen MR) is 76.7 cm³/mol. The number of nitrogens with one attached hydrogen (secondary N) is 1. The number of benzene rings is 2. The quantitative estimate of drug-likeness (QED) is 0.657. The molecule has 0 aromatic heterocycles. The van der Waals surface area contributed by atoms with Crippen LogP contribution in [0.1, 0.15) is 5.56 Å². The lowest BCUT2D eigenvalue weighted by Crippen LogP contribution is -2.10. The molecule has 0 heterocycles. The molecule has 0 saturated heterocycles. The molecule has 0 atom stereocenters. The smallest absolute Gasteiger partial charge is 0.141 e. The van der Waals surface area contributed by atoms with E-state index in [9.17, 15) is 0 Å². The average molecular weight is 326 g/mol. The first-order valence-electron chi connectivity index (χ1n) is 5.13. The van der Waals surface area contributed by atoms with Crippen molar-refractivity contribution in [1.29, 1.82) is 5.41 Å². The summed E-state index contributed by atoms with van der Waals surface area (Å²) in [5.41, 5.74) is 6.05. The summed E-state index contributed by atoms with van der Waals surface area (Å²) in [4.78, 5) is 0. The second-order valence-electron chi connectivity index (χ2n) is 3.62. The van der Waals surface area contributed by atoms with E-state index in [1.54, 1.807) is 30.3 Å². The fraction of sp³-hybridized carbons (Fsp3) is 0. The molecule has 92 valence electrons. The molecular weight excluding hydrogens is 316 g/mol. The SMILES string of the molecule is N=C(N)c1ccc(Oc2cccc(Cl)c2)c(Br)c1. The molecule has 0 spiro atoms. The van der Waals surface area contributed by atoms with Gasteiger partial charge in [0.15, 0.2) is 0 Å². The monoisotopic (exact) mass is 324 g/mol. The molecule has 2 rings (SSSR count). The number of nitrogens with two attached hydrogens (primary N) is 1. The summed E-state index contributed by atoms with van der Waals surface area (Å²) >= 11 is 9.26. The molecule has 5 heteroatoms. The van der Waals surface area contributed by atoms with Crippen molar-refractivity contribution in [3.8, 4) is 11.5 Å². The van der Waals surface area contributed by atoms with Crippen LogP contribution in [0, 0.1) is 5.41 Å². The molecule has 0 unspecified atom stereocenters. The Balaban J connectivity index is 2.27. The maximum atomic E-state index is 7.35. The fourth-order valence-electron chi connectivity index (χ4n) is 1.41. The fourth-order valence-corrected chi connectivity index (χ4v) is 2.05. The number of amidine groups is 1. The Morgan fingerprint density at radius 2 is 2.00 bits per heavy atom. The zero-order valence-corrected chi connectivity index (χ0v) is 11.6. The van der Waals surface area contributed by atoms with E-state index in [1.165, 1.54) is 0 Å². The molecule has 0 saturated carbocycles. The van der Waals surface area contributed by atoms with Gasteiger partial charge in [-0.2, -0.15) is 0 Å². The van der Waals surface area contributed by atoms with Crippen LogP contribution in [0.2, 0.25) is 5.02 Å².